The molecule has 0 saturated heterocycles. The van der Waals surface area contributed by atoms with Crippen LogP contribution in [0.2, 0.25) is 0 Å². The first-order valence-electron chi connectivity index (χ1n) is 8.72. The third-order valence-corrected chi connectivity index (χ3v) is 5.64. The highest BCUT2D eigenvalue weighted by molar-refractivity contribution is 7.14. The maximum absolute atomic E-state index is 13.7. The number of aryl methyl sites for hydroxylation is 1. The van der Waals surface area contributed by atoms with Gasteiger partial charge in [0.05, 0.1) is 17.3 Å². The Labute approximate surface area is 161 Å². The Morgan fingerprint density at radius 1 is 1.15 bits per heavy atom. The van der Waals surface area contributed by atoms with Gasteiger partial charge in [-0.3, -0.25) is 14.5 Å². The molecule has 0 saturated carbocycles. The van der Waals surface area contributed by atoms with Gasteiger partial charge in [-0.25, -0.2) is 4.98 Å². The van der Waals surface area contributed by atoms with Crippen LogP contribution in [0, 0.1) is 6.92 Å². The predicted molar refractivity (Wildman–Crippen MR) is 107 cm³/mol. The van der Waals surface area contributed by atoms with Crippen molar-refractivity contribution in [2.24, 2.45) is 0 Å². The molecule has 3 aromatic rings. The summed E-state index contributed by atoms with van der Waals surface area (Å²) in [6.45, 7) is 2.26. The first-order valence-corrected chi connectivity index (χ1v) is 9.60. The van der Waals surface area contributed by atoms with Crippen LogP contribution in [-0.4, -0.2) is 35.3 Å². The van der Waals surface area contributed by atoms with E-state index in [1.807, 2.05) is 60.8 Å². The maximum Gasteiger partial charge on any atom is 0.253 e. The summed E-state index contributed by atoms with van der Waals surface area (Å²) >= 11 is 1.44. The Bertz CT molecular complexity index is 999. The molecule has 4 rings (SSSR count). The molecule has 1 aromatic heterocycles. The van der Waals surface area contributed by atoms with Crippen LogP contribution in [0.1, 0.15) is 27.5 Å². The van der Waals surface area contributed by atoms with Crippen molar-refractivity contribution in [2.75, 3.05) is 18.5 Å². The molecule has 0 spiro atoms. The summed E-state index contributed by atoms with van der Waals surface area (Å²) in [5.41, 5.74) is 3.02. The van der Waals surface area contributed by atoms with E-state index in [2.05, 4.69) is 4.98 Å². The highest BCUT2D eigenvalue weighted by atomic mass is 32.1. The van der Waals surface area contributed by atoms with E-state index in [9.17, 15) is 9.59 Å². The number of likely N-dealkylation sites (N-methyl/N-ethyl adjacent to an activating group) is 1. The van der Waals surface area contributed by atoms with E-state index in [1.165, 1.54) is 11.3 Å². The second kappa shape index (κ2) is 6.96. The Hall–Kier alpha value is -2.99. The summed E-state index contributed by atoms with van der Waals surface area (Å²) in [6.07, 6.45) is 0. The highest BCUT2D eigenvalue weighted by Gasteiger charge is 2.37. The minimum Gasteiger partial charge on any atom is -0.341 e. The minimum absolute atomic E-state index is 0.0500. The highest BCUT2D eigenvalue weighted by Crippen LogP contribution is 2.35. The zero-order valence-electron chi connectivity index (χ0n) is 15.1. The molecular formula is C21H19N3O2S. The Balaban J connectivity index is 1.81. The van der Waals surface area contributed by atoms with E-state index in [1.54, 1.807) is 22.9 Å². The number of thiazole rings is 1. The van der Waals surface area contributed by atoms with Gasteiger partial charge in [0, 0.05) is 24.5 Å². The van der Waals surface area contributed by atoms with Crippen molar-refractivity contribution < 1.29 is 9.59 Å². The van der Waals surface area contributed by atoms with Gasteiger partial charge in [0.25, 0.3) is 5.91 Å². The van der Waals surface area contributed by atoms with Crippen LogP contribution >= 0.6 is 11.3 Å². The van der Waals surface area contributed by atoms with Crippen LogP contribution in [-0.2, 0) is 4.79 Å². The van der Waals surface area contributed by atoms with Gasteiger partial charge in [-0.1, -0.05) is 36.4 Å². The quantitative estimate of drug-likeness (QED) is 0.694. The molecule has 2 aromatic carbocycles. The topological polar surface area (TPSA) is 53.5 Å². The first kappa shape index (κ1) is 17.4. The summed E-state index contributed by atoms with van der Waals surface area (Å²) < 4.78 is 0. The van der Waals surface area contributed by atoms with Crippen molar-refractivity contribution in [2.45, 2.75) is 12.8 Å². The van der Waals surface area contributed by atoms with Crippen LogP contribution in [0.4, 0.5) is 10.8 Å². The molecule has 1 unspecified atom stereocenters. The summed E-state index contributed by atoms with van der Waals surface area (Å²) in [5, 5.41) is 2.57. The molecule has 27 heavy (non-hydrogen) atoms. The molecule has 2 heterocycles. The SMILES string of the molecule is Cc1csc(N(C(=O)C2CN(C)C(=O)c3ccccc32)c2ccccc2)n1. The molecule has 6 heteroatoms. The van der Waals surface area contributed by atoms with Gasteiger partial charge < -0.3 is 4.90 Å². The van der Waals surface area contributed by atoms with Gasteiger partial charge in [-0.15, -0.1) is 11.3 Å². The molecule has 0 aliphatic carbocycles. The van der Waals surface area contributed by atoms with Crippen molar-refractivity contribution >= 4 is 34.0 Å². The normalized spacial score (nSPS) is 16.1. The number of hydrogen-bond acceptors (Lipinski definition) is 4. The van der Waals surface area contributed by atoms with Crippen molar-refractivity contribution in [3.63, 3.8) is 0 Å². The summed E-state index contributed by atoms with van der Waals surface area (Å²) in [6, 6.07) is 16.9. The van der Waals surface area contributed by atoms with Crippen molar-refractivity contribution in [3.8, 4) is 0 Å². The monoisotopic (exact) mass is 377 g/mol. The largest absolute Gasteiger partial charge is 0.341 e. The number of amides is 2. The molecule has 0 fully saturated rings. The van der Waals surface area contributed by atoms with Gasteiger partial charge in [0.1, 0.15) is 0 Å². The summed E-state index contributed by atoms with van der Waals surface area (Å²) in [7, 11) is 1.74. The van der Waals surface area contributed by atoms with Crippen molar-refractivity contribution in [1.29, 1.82) is 0 Å². The van der Waals surface area contributed by atoms with Gasteiger partial charge in [-0.05, 0) is 30.7 Å². The minimum atomic E-state index is -0.437. The summed E-state index contributed by atoms with van der Waals surface area (Å²) in [4.78, 5) is 34.0. The molecule has 1 aliphatic rings. The number of para-hydroxylation sites is 1. The van der Waals surface area contributed by atoms with Gasteiger partial charge in [0.2, 0.25) is 5.91 Å². The molecule has 5 nitrogen and oxygen atoms in total. The molecule has 136 valence electrons. The van der Waals surface area contributed by atoms with Gasteiger partial charge in [0.15, 0.2) is 5.13 Å². The number of nitrogens with zero attached hydrogens (tertiary/aromatic N) is 3. The fraction of sp³-hybridized carbons (Fsp3) is 0.190. The number of benzene rings is 2. The van der Waals surface area contributed by atoms with Crippen molar-refractivity contribution in [3.05, 3.63) is 76.8 Å². The number of carbonyl (C=O) groups is 2. The zero-order chi connectivity index (χ0) is 19.0. The second-order valence-corrected chi connectivity index (χ2v) is 7.44. The molecule has 1 aliphatic heterocycles. The lowest BCUT2D eigenvalue weighted by Crippen LogP contribution is -2.43. The van der Waals surface area contributed by atoms with E-state index >= 15 is 0 Å². The van der Waals surface area contributed by atoms with E-state index in [0.717, 1.165) is 16.9 Å². The molecule has 1 atom stereocenters. The number of fused-ring (bicyclic) bond motifs is 1. The van der Waals surface area contributed by atoms with Crippen molar-refractivity contribution in [1.82, 2.24) is 9.88 Å². The lowest BCUT2D eigenvalue weighted by Gasteiger charge is -2.33. The molecule has 0 bridgehead atoms. The standard InChI is InChI=1S/C21H19N3O2S/c1-14-13-27-21(22-14)24(15-8-4-3-5-9-15)20(26)18-12-23(2)19(25)17-11-7-6-10-16(17)18/h3-11,13,18H,12H2,1-2H3. The van der Waals surface area contributed by atoms with Crippen LogP contribution in [0.3, 0.4) is 0 Å². The maximum atomic E-state index is 13.7. The van der Waals surface area contributed by atoms with Gasteiger partial charge in [-0.2, -0.15) is 0 Å². The molecular weight excluding hydrogens is 358 g/mol. The third-order valence-electron chi connectivity index (χ3n) is 4.70. The average Bonchev–Trinajstić information content (AvgIpc) is 3.11. The van der Waals surface area contributed by atoms with E-state index in [-0.39, 0.29) is 11.8 Å². The molecule has 2 amide bonds. The number of aromatic nitrogens is 1. The number of hydrogen-bond donors (Lipinski definition) is 0. The van der Waals surface area contributed by atoms with Crippen LogP contribution in [0.15, 0.2) is 60.0 Å². The molecule has 0 N–H and O–H groups in total. The zero-order valence-corrected chi connectivity index (χ0v) is 15.9. The first-order chi connectivity index (χ1) is 13.1. The lowest BCUT2D eigenvalue weighted by molar-refractivity contribution is -0.119. The van der Waals surface area contributed by atoms with E-state index in [0.29, 0.717) is 17.2 Å². The van der Waals surface area contributed by atoms with Gasteiger partial charge >= 0.3 is 0 Å². The smallest absolute Gasteiger partial charge is 0.253 e. The third kappa shape index (κ3) is 3.13. The van der Waals surface area contributed by atoms with Crippen LogP contribution in [0.5, 0.6) is 0 Å². The second-order valence-electron chi connectivity index (χ2n) is 6.61. The summed E-state index contributed by atoms with van der Waals surface area (Å²) in [5.74, 6) is -0.568. The fourth-order valence-electron chi connectivity index (χ4n) is 3.38. The number of anilines is 2. The fourth-order valence-corrected chi connectivity index (χ4v) is 4.20. The lowest BCUT2D eigenvalue weighted by atomic mass is 9.88. The Kier molecular flexibility index (Phi) is 4.49. The predicted octanol–water partition coefficient (Wildman–Crippen LogP) is 3.99. The number of rotatable bonds is 3. The van der Waals surface area contributed by atoms with Crippen LogP contribution in [0.25, 0.3) is 0 Å². The Morgan fingerprint density at radius 3 is 2.56 bits per heavy atom. The average molecular weight is 377 g/mol. The number of carbonyl (C=O) groups excluding carboxylic acids is 2. The van der Waals surface area contributed by atoms with Crippen LogP contribution < -0.4 is 4.90 Å². The molecule has 0 radical (unpaired) electrons. The van der Waals surface area contributed by atoms with E-state index in [4.69, 9.17) is 0 Å². The Morgan fingerprint density at radius 2 is 1.85 bits per heavy atom. The van der Waals surface area contributed by atoms with E-state index < -0.39 is 5.92 Å².